The number of hydrogen-bond donors (Lipinski definition) is 1. The van der Waals surface area contributed by atoms with Crippen LogP contribution >= 0.6 is 0 Å². The van der Waals surface area contributed by atoms with E-state index in [0.29, 0.717) is 0 Å². The van der Waals surface area contributed by atoms with Crippen molar-refractivity contribution < 1.29 is 4.92 Å². The van der Waals surface area contributed by atoms with Gasteiger partial charge in [-0.05, 0) is 29.8 Å². The summed E-state index contributed by atoms with van der Waals surface area (Å²) in [6.07, 6.45) is 3.54. The van der Waals surface area contributed by atoms with Crippen molar-refractivity contribution in [2.45, 2.75) is 0 Å². The summed E-state index contributed by atoms with van der Waals surface area (Å²) in [5.41, 5.74) is 5.64. The summed E-state index contributed by atoms with van der Waals surface area (Å²) >= 11 is 0. The van der Waals surface area contributed by atoms with Crippen LogP contribution in [-0.4, -0.2) is 24.7 Å². The number of aryl methyl sites for hydroxylation is 1. The van der Waals surface area contributed by atoms with Crippen LogP contribution in [0.1, 0.15) is 0 Å². The average Bonchev–Trinajstić information content (AvgIpc) is 3.22. The fourth-order valence-corrected chi connectivity index (χ4v) is 2.77. The number of nitro groups is 1. The van der Waals surface area contributed by atoms with Crippen LogP contribution < -0.4 is 0 Å². The minimum atomic E-state index is -0.409. The fraction of sp³-hybridized carbons (Fsp3) is 0.0588. The molecule has 0 bridgehead atoms. The molecule has 0 aliphatic rings. The SMILES string of the molecule is Cn1cnc2ccc(-c3cn[nH]c3-c3ccc([N+](=O)[O-])cc3)cc21. The third-order valence-corrected chi connectivity index (χ3v) is 4.04. The number of aromatic nitrogens is 4. The Bertz CT molecular complexity index is 1050. The predicted molar refractivity (Wildman–Crippen MR) is 90.4 cm³/mol. The van der Waals surface area contributed by atoms with E-state index in [-0.39, 0.29) is 5.69 Å². The summed E-state index contributed by atoms with van der Waals surface area (Å²) in [5.74, 6) is 0. The van der Waals surface area contributed by atoms with Crippen molar-refractivity contribution >= 4 is 16.7 Å². The van der Waals surface area contributed by atoms with E-state index >= 15 is 0 Å². The highest BCUT2D eigenvalue weighted by Gasteiger charge is 2.13. The van der Waals surface area contributed by atoms with E-state index in [0.717, 1.165) is 33.4 Å². The first-order valence-electron chi connectivity index (χ1n) is 7.33. The van der Waals surface area contributed by atoms with Crippen LogP contribution in [0, 0.1) is 10.1 Å². The van der Waals surface area contributed by atoms with Gasteiger partial charge in [0.05, 0.1) is 34.2 Å². The summed E-state index contributed by atoms with van der Waals surface area (Å²) in [7, 11) is 1.95. The predicted octanol–water partition coefficient (Wildman–Crippen LogP) is 3.54. The first kappa shape index (κ1) is 14.1. The molecule has 0 radical (unpaired) electrons. The van der Waals surface area contributed by atoms with Crippen LogP contribution in [-0.2, 0) is 7.05 Å². The van der Waals surface area contributed by atoms with Crippen LogP contribution in [0.4, 0.5) is 5.69 Å². The second-order valence-electron chi connectivity index (χ2n) is 5.52. The summed E-state index contributed by atoms with van der Waals surface area (Å²) in [5, 5.41) is 17.9. The normalized spacial score (nSPS) is 11.0. The second kappa shape index (κ2) is 5.31. The van der Waals surface area contributed by atoms with Crippen molar-refractivity contribution in [3.8, 4) is 22.4 Å². The van der Waals surface area contributed by atoms with Gasteiger partial charge < -0.3 is 4.57 Å². The van der Waals surface area contributed by atoms with Gasteiger partial charge >= 0.3 is 0 Å². The van der Waals surface area contributed by atoms with Gasteiger partial charge in [-0.2, -0.15) is 5.10 Å². The molecule has 2 heterocycles. The molecule has 0 spiro atoms. The smallest absolute Gasteiger partial charge is 0.269 e. The highest BCUT2D eigenvalue weighted by Crippen LogP contribution is 2.32. The van der Waals surface area contributed by atoms with Crippen LogP contribution in [0.3, 0.4) is 0 Å². The Labute approximate surface area is 136 Å². The lowest BCUT2D eigenvalue weighted by molar-refractivity contribution is -0.384. The van der Waals surface area contributed by atoms with Gasteiger partial charge in [-0.25, -0.2) is 4.98 Å². The molecule has 4 rings (SSSR count). The molecular weight excluding hydrogens is 306 g/mol. The lowest BCUT2D eigenvalue weighted by Crippen LogP contribution is -1.89. The van der Waals surface area contributed by atoms with Gasteiger partial charge in [0, 0.05) is 30.3 Å². The Morgan fingerprint density at radius 2 is 1.88 bits per heavy atom. The number of benzene rings is 2. The molecule has 0 unspecified atom stereocenters. The highest BCUT2D eigenvalue weighted by atomic mass is 16.6. The molecular formula is C17H13N5O2. The van der Waals surface area contributed by atoms with E-state index in [1.807, 2.05) is 23.7 Å². The van der Waals surface area contributed by atoms with Gasteiger partial charge in [0.2, 0.25) is 0 Å². The number of hydrogen-bond acceptors (Lipinski definition) is 4. The number of aromatic amines is 1. The number of rotatable bonds is 3. The number of non-ortho nitro benzene ring substituents is 1. The van der Waals surface area contributed by atoms with Gasteiger partial charge in [0.1, 0.15) is 0 Å². The maximum absolute atomic E-state index is 10.8. The number of fused-ring (bicyclic) bond motifs is 1. The lowest BCUT2D eigenvalue weighted by atomic mass is 10.0. The van der Waals surface area contributed by atoms with Crippen molar-refractivity contribution in [3.05, 3.63) is 65.1 Å². The van der Waals surface area contributed by atoms with Crippen LogP contribution in [0.25, 0.3) is 33.4 Å². The van der Waals surface area contributed by atoms with E-state index in [1.165, 1.54) is 12.1 Å². The Balaban J connectivity index is 1.81. The Morgan fingerprint density at radius 1 is 1.12 bits per heavy atom. The number of nitrogens with one attached hydrogen (secondary N) is 1. The zero-order valence-electron chi connectivity index (χ0n) is 12.8. The van der Waals surface area contributed by atoms with Crippen molar-refractivity contribution in [3.63, 3.8) is 0 Å². The summed E-state index contributed by atoms with van der Waals surface area (Å²) < 4.78 is 1.96. The number of H-pyrrole nitrogens is 1. The molecule has 2 aromatic heterocycles. The topological polar surface area (TPSA) is 89.6 Å². The Kier molecular flexibility index (Phi) is 3.13. The molecule has 7 heteroatoms. The number of nitro benzene ring substituents is 1. The molecule has 2 aromatic carbocycles. The van der Waals surface area contributed by atoms with E-state index in [4.69, 9.17) is 0 Å². The number of imidazole rings is 1. The molecule has 4 aromatic rings. The van der Waals surface area contributed by atoms with E-state index < -0.39 is 4.92 Å². The van der Waals surface area contributed by atoms with Crippen LogP contribution in [0.5, 0.6) is 0 Å². The molecule has 0 atom stereocenters. The standard InChI is InChI=1S/C17H13N5O2/c1-21-10-18-15-7-4-12(8-16(15)21)14-9-19-20-17(14)11-2-5-13(6-3-11)22(23)24/h2-10H,1H3,(H,19,20). The van der Waals surface area contributed by atoms with Gasteiger partial charge in [0.25, 0.3) is 5.69 Å². The van der Waals surface area contributed by atoms with Crippen molar-refractivity contribution in [2.24, 2.45) is 7.05 Å². The zero-order valence-corrected chi connectivity index (χ0v) is 12.8. The van der Waals surface area contributed by atoms with E-state index in [2.05, 4.69) is 21.2 Å². The molecule has 118 valence electrons. The fourth-order valence-electron chi connectivity index (χ4n) is 2.77. The minimum Gasteiger partial charge on any atom is -0.334 e. The quantitative estimate of drug-likeness (QED) is 0.462. The zero-order chi connectivity index (χ0) is 16.7. The highest BCUT2D eigenvalue weighted by molar-refractivity contribution is 5.87. The molecule has 0 aliphatic heterocycles. The van der Waals surface area contributed by atoms with Gasteiger partial charge in [-0.3, -0.25) is 15.2 Å². The first-order chi connectivity index (χ1) is 11.6. The number of nitrogens with zero attached hydrogens (tertiary/aromatic N) is 4. The average molecular weight is 319 g/mol. The molecule has 7 nitrogen and oxygen atoms in total. The lowest BCUT2D eigenvalue weighted by Gasteiger charge is -2.05. The summed E-state index contributed by atoms with van der Waals surface area (Å²) in [4.78, 5) is 14.7. The Hall–Kier alpha value is -3.48. The molecule has 0 fully saturated rings. The third-order valence-electron chi connectivity index (χ3n) is 4.04. The van der Waals surface area contributed by atoms with E-state index in [1.54, 1.807) is 24.7 Å². The molecule has 0 saturated heterocycles. The van der Waals surface area contributed by atoms with Crippen LogP contribution in [0.2, 0.25) is 0 Å². The first-order valence-corrected chi connectivity index (χ1v) is 7.33. The monoisotopic (exact) mass is 319 g/mol. The maximum atomic E-state index is 10.8. The van der Waals surface area contributed by atoms with Gasteiger partial charge in [-0.1, -0.05) is 6.07 Å². The molecule has 1 N–H and O–H groups in total. The van der Waals surface area contributed by atoms with Gasteiger partial charge in [0.15, 0.2) is 0 Å². The Morgan fingerprint density at radius 3 is 2.62 bits per heavy atom. The summed E-state index contributed by atoms with van der Waals surface area (Å²) in [6, 6.07) is 12.4. The molecule has 0 saturated carbocycles. The van der Waals surface area contributed by atoms with Crippen LogP contribution in [0.15, 0.2) is 55.0 Å². The summed E-state index contributed by atoms with van der Waals surface area (Å²) in [6.45, 7) is 0. The minimum absolute atomic E-state index is 0.0659. The van der Waals surface area contributed by atoms with Crippen molar-refractivity contribution in [1.29, 1.82) is 0 Å². The van der Waals surface area contributed by atoms with Crippen molar-refractivity contribution in [1.82, 2.24) is 19.7 Å². The third kappa shape index (κ3) is 2.23. The van der Waals surface area contributed by atoms with Crippen molar-refractivity contribution in [2.75, 3.05) is 0 Å². The van der Waals surface area contributed by atoms with E-state index in [9.17, 15) is 10.1 Å². The molecule has 0 amide bonds. The second-order valence-corrected chi connectivity index (χ2v) is 5.52. The molecule has 0 aliphatic carbocycles. The molecule has 24 heavy (non-hydrogen) atoms. The maximum Gasteiger partial charge on any atom is 0.269 e. The van der Waals surface area contributed by atoms with Gasteiger partial charge in [-0.15, -0.1) is 0 Å². The largest absolute Gasteiger partial charge is 0.334 e.